The number of nitrogens with zero attached hydrogens (tertiary/aromatic N) is 1. The molecule has 3 rings (SSSR count). The SMILES string of the molecule is CON=C(C)c1c(O)c2c(C)cc(O[C@@H]3OC(C)(C)[C@H](OC)[C@@H](O)[C@H]3O)cc2oc1=O. The molecule has 10 nitrogen and oxygen atoms in total. The Kier molecular flexibility index (Phi) is 6.28. The molecule has 0 saturated carbocycles. The molecule has 1 aliphatic heterocycles. The first-order valence-electron chi connectivity index (χ1n) is 9.63. The number of aliphatic hydroxyl groups excluding tert-OH is 2. The van der Waals surface area contributed by atoms with Gasteiger partial charge in [0.05, 0.1) is 16.7 Å². The van der Waals surface area contributed by atoms with Crippen LogP contribution in [0.2, 0.25) is 0 Å². The highest BCUT2D eigenvalue weighted by atomic mass is 16.7. The third kappa shape index (κ3) is 4.11. The summed E-state index contributed by atoms with van der Waals surface area (Å²) in [5.41, 5.74) is -1.06. The van der Waals surface area contributed by atoms with Gasteiger partial charge in [0.15, 0.2) is 0 Å². The minimum Gasteiger partial charge on any atom is -0.506 e. The highest BCUT2D eigenvalue weighted by molar-refractivity contribution is 6.05. The van der Waals surface area contributed by atoms with Crippen molar-refractivity contribution < 1.29 is 38.8 Å². The van der Waals surface area contributed by atoms with Crippen LogP contribution in [0.4, 0.5) is 0 Å². The standard InChI is InChI=1S/C21H27NO9/c1-9-7-11(29-20-17(25)16(24)18(27-5)21(3,4)31-20)8-12-13(9)15(23)14(19(26)30-12)10(2)22-28-6/h7-8,16-18,20,23-25H,1-6H3/t16-,17+,18+,20+/m0/s1. The first kappa shape index (κ1) is 23.0. The van der Waals surface area contributed by atoms with Gasteiger partial charge in [-0.2, -0.15) is 0 Å². The topological polar surface area (TPSA) is 140 Å². The van der Waals surface area contributed by atoms with Crippen LogP contribution >= 0.6 is 0 Å². The lowest BCUT2D eigenvalue weighted by Gasteiger charge is -2.46. The van der Waals surface area contributed by atoms with Crippen LogP contribution in [0.1, 0.15) is 31.9 Å². The van der Waals surface area contributed by atoms with Gasteiger partial charge in [0.2, 0.25) is 6.29 Å². The maximum Gasteiger partial charge on any atom is 0.349 e. The van der Waals surface area contributed by atoms with Gasteiger partial charge in [0, 0.05) is 13.2 Å². The van der Waals surface area contributed by atoms with Gasteiger partial charge >= 0.3 is 5.63 Å². The largest absolute Gasteiger partial charge is 0.506 e. The fraction of sp³-hybridized carbons (Fsp3) is 0.524. The highest BCUT2D eigenvalue weighted by Gasteiger charge is 2.50. The van der Waals surface area contributed by atoms with Crippen molar-refractivity contribution in [2.45, 2.75) is 57.9 Å². The van der Waals surface area contributed by atoms with Crippen molar-refractivity contribution in [2.75, 3.05) is 14.2 Å². The molecule has 0 radical (unpaired) electrons. The molecule has 1 saturated heterocycles. The second-order valence-electron chi connectivity index (χ2n) is 7.93. The highest BCUT2D eigenvalue weighted by Crippen LogP contribution is 2.36. The van der Waals surface area contributed by atoms with E-state index in [1.165, 1.54) is 27.2 Å². The lowest BCUT2D eigenvalue weighted by molar-refractivity contribution is -0.305. The number of hydrogen-bond acceptors (Lipinski definition) is 10. The first-order valence-corrected chi connectivity index (χ1v) is 9.63. The van der Waals surface area contributed by atoms with Gasteiger partial charge in [-0.1, -0.05) is 5.16 Å². The quantitative estimate of drug-likeness (QED) is 0.360. The Morgan fingerprint density at radius 1 is 1.19 bits per heavy atom. The molecule has 1 aromatic heterocycles. The summed E-state index contributed by atoms with van der Waals surface area (Å²) < 4.78 is 22.2. The van der Waals surface area contributed by atoms with Crippen LogP contribution in [-0.4, -0.2) is 65.5 Å². The molecule has 4 atom stereocenters. The molecule has 1 aliphatic rings. The molecule has 0 aliphatic carbocycles. The van der Waals surface area contributed by atoms with Crippen LogP contribution in [0, 0.1) is 6.92 Å². The van der Waals surface area contributed by atoms with Crippen molar-refractivity contribution in [3.05, 3.63) is 33.7 Å². The van der Waals surface area contributed by atoms with Crippen molar-refractivity contribution in [1.82, 2.24) is 0 Å². The Hall–Kier alpha value is -2.66. The molecule has 1 aromatic carbocycles. The summed E-state index contributed by atoms with van der Waals surface area (Å²) in [5.74, 6) is -0.0764. The summed E-state index contributed by atoms with van der Waals surface area (Å²) in [7, 11) is 2.74. The number of ether oxygens (including phenoxy) is 3. The molecule has 31 heavy (non-hydrogen) atoms. The Morgan fingerprint density at radius 2 is 1.87 bits per heavy atom. The zero-order chi connectivity index (χ0) is 23.1. The van der Waals surface area contributed by atoms with E-state index in [9.17, 15) is 20.1 Å². The lowest BCUT2D eigenvalue weighted by Crippen LogP contribution is -2.63. The molecular formula is C21H27NO9. The number of oxime groups is 1. The second-order valence-corrected chi connectivity index (χ2v) is 7.93. The second kappa shape index (κ2) is 8.46. The molecular weight excluding hydrogens is 410 g/mol. The van der Waals surface area contributed by atoms with Crippen LogP contribution < -0.4 is 10.4 Å². The third-order valence-electron chi connectivity index (χ3n) is 5.29. The molecule has 0 spiro atoms. The summed E-state index contributed by atoms with van der Waals surface area (Å²) in [6, 6.07) is 2.99. The predicted octanol–water partition coefficient (Wildman–Crippen LogP) is 1.43. The van der Waals surface area contributed by atoms with Gasteiger partial charge in [-0.3, -0.25) is 0 Å². The van der Waals surface area contributed by atoms with E-state index in [0.29, 0.717) is 10.9 Å². The minimum absolute atomic E-state index is 0.0753. The van der Waals surface area contributed by atoms with Crippen molar-refractivity contribution in [3.63, 3.8) is 0 Å². The summed E-state index contributed by atoms with van der Waals surface area (Å²) in [6.07, 6.45) is -4.59. The number of methoxy groups -OCH3 is 1. The fourth-order valence-electron chi connectivity index (χ4n) is 3.89. The maximum absolute atomic E-state index is 12.4. The smallest absolute Gasteiger partial charge is 0.349 e. The number of aromatic hydroxyl groups is 1. The average Bonchev–Trinajstić information content (AvgIpc) is 2.65. The third-order valence-corrected chi connectivity index (χ3v) is 5.29. The van der Waals surface area contributed by atoms with Crippen molar-refractivity contribution in [1.29, 1.82) is 0 Å². The Morgan fingerprint density at radius 3 is 2.48 bits per heavy atom. The van der Waals surface area contributed by atoms with Crippen LogP contribution in [0.15, 0.2) is 26.5 Å². The van der Waals surface area contributed by atoms with Gasteiger partial charge in [-0.15, -0.1) is 0 Å². The van der Waals surface area contributed by atoms with E-state index in [0.717, 1.165) is 0 Å². The van der Waals surface area contributed by atoms with E-state index >= 15 is 0 Å². The maximum atomic E-state index is 12.4. The van der Waals surface area contributed by atoms with Crippen LogP contribution in [0.25, 0.3) is 11.0 Å². The van der Waals surface area contributed by atoms with Crippen LogP contribution in [0.3, 0.4) is 0 Å². The predicted molar refractivity (Wildman–Crippen MR) is 110 cm³/mol. The Bertz CT molecular complexity index is 1060. The molecule has 1 fully saturated rings. The number of rotatable bonds is 5. The number of fused-ring (bicyclic) bond motifs is 1. The Balaban J connectivity index is 2.01. The Labute approximate surface area is 178 Å². The van der Waals surface area contributed by atoms with E-state index in [-0.39, 0.29) is 28.4 Å². The zero-order valence-electron chi connectivity index (χ0n) is 18.2. The normalized spacial score (nSPS) is 26.1. The molecule has 2 aromatic rings. The molecule has 0 unspecified atom stereocenters. The number of hydrogen-bond donors (Lipinski definition) is 3. The van der Waals surface area contributed by atoms with Gasteiger partial charge in [0.1, 0.15) is 48.1 Å². The number of benzene rings is 1. The number of aliphatic hydroxyl groups is 2. The summed E-state index contributed by atoms with van der Waals surface area (Å²) >= 11 is 0. The molecule has 170 valence electrons. The van der Waals surface area contributed by atoms with E-state index in [4.69, 9.17) is 18.6 Å². The van der Waals surface area contributed by atoms with E-state index in [2.05, 4.69) is 9.99 Å². The molecule has 10 heteroatoms. The fourth-order valence-corrected chi connectivity index (χ4v) is 3.89. The van der Waals surface area contributed by atoms with Crippen molar-refractivity contribution in [2.24, 2.45) is 5.16 Å². The van der Waals surface area contributed by atoms with E-state index < -0.39 is 35.8 Å². The summed E-state index contributed by atoms with van der Waals surface area (Å²) in [6.45, 7) is 6.62. The molecule has 2 heterocycles. The summed E-state index contributed by atoms with van der Waals surface area (Å²) in [5, 5.41) is 35.5. The van der Waals surface area contributed by atoms with Crippen molar-refractivity contribution >= 4 is 16.7 Å². The van der Waals surface area contributed by atoms with Crippen molar-refractivity contribution in [3.8, 4) is 11.5 Å². The average molecular weight is 437 g/mol. The summed E-state index contributed by atoms with van der Waals surface area (Å²) in [4.78, 5) is 17.1. The van der Waals surface area contributed by atoms with E-state index in [1.54, 1.807) is 26.8 Å². The van der Waals surface area contributed by atoms with Gasteiger partial charge in [0.25, 0.3) is 0 Å². The van der Waals surface area contributed by atoms with Gasteiger partial charge < -0.3 is 38.8 Å². The van der Waals surface area contributed by atoms with Crippen LogP contribution in [-0.2, 0) is 14.3 Å². The first-order chi connectivity index (χ1) is 14.5. The minimum atomic E-state index is -1.38. The molecule has 0 amide bonds. The van der Waals surface area contributed by atoms with Gasteiger partial charge in [-0.05, 0) is 39.3 Å². The van der Waals surface area contributed by atoms with Crippen LogP contribution in [0.5, 0.6) is 11.5 Å². The lowest BCUT2D eigenvalue weighted by atomic mass is 9.89. The monoisotopic (exact) mass is 437 g/mol. The molecule has 3 N–H and O–H groups in total. The zero-order valence-corrected chi connectivity index (χ0v) is 18.2. The number of aryl methyl sites for hydroxylation is 1. The molecule has 0 bridgehead atoms. The van der Waals surface area contributed by atoms with E-state index in [1.807, 2.05) is 0 Å². The van der Waals surface area contributed by atoms with Gasteiger partial charge in [-0.25, -0.2) is 4.79 Å².